The molecule has 23 heavy (non-hydrogen) atoms. The number of hydrogen-bond acceptors (Lipinski definition) is 5. The average Bonchev–Trinajstić information content (AvgIpc) is 3.11. The Balaban J connectivity index is 1.41. The van der Waals surface area contributed by atoms with Crippen molar-refractivity contribution in [3.8, 4) is 5.69 Å². The Kier molecular flexibility index (Phi) is 3.80. The third-order valence-corrected chi connectivity index (χ3v) is 4.60. The largest absolute Gasteiger partial charge is 0.353 e. The van der Waals surface area contributed by atoms with Crippen LogP contribution >= 0.6 is 0 Å². The first-order chi connectivity index (χ1) is 11.3. The summed E-state index contributed by atoms with van der Waals surface area (Å²) in [6.45, 7) is 5.39. The summed E-state index contributed by atoms with van der Waals surface area (Å²) in [5.74, 6) is 0.169. The van der Waals surface area contributed by atoms with Gasteiger partial charge in [-0.3, -0.25) is 14.6 Å². The maximum atomic E-state index is 12.0. The average molecular weight is 312 g/mol. The predicted molar refractivity (Wildman–Crippen MR) is 85.0 cm³/mol. The maximum absolute atomic E-state index is 12.0. The van der Waals surface area contributed by atoms with E-state index in [2.05, 4.69) is 37.3 Å². The summed E-state index contributed by atoms with van der Waals surface area (Å²) in [7, 11) is 0. The first kappa shape index (κ1) is 14.3. The van der Waals surface area contributed by atoms with Crippen molar-refractivity contribution < 1.29 is 4.79 Å². The summed E-state index contributed by atoms with van der Waals surface area (Å²) in [6, 6.07) is 8.34. The van der Waals surface area contributed by atoms with E-state index in [1.807, 2.05) is 12.1 Å². The molecule has 1 unspecified atom stereocenters. The van der Waals surface area contributed by atoms with Crippen molar-refractivity contribution in [3.63, 3.8) is 0 Å². The van der Waals surface area contributed by atoms with Crippen LogP contribution in [0, 0.1) is 0 Å². The van der Waals surface area contributed by atoms with E-state index < -0.39 is 0 Å². The van der Waals surface area contributed by atoms with Crippen LogP contribution in [0.1, 0.15) is 5.56 Å². The van der Waals surface area contributed by atoms with Crippen LogP contribution in [0.3, 0.4) is 0 Å². The van der Waals surface area contributed by atoms with E-state index in [9.17, 15) is 4.79 Å². The van der Waals surface area contributed by atoms with Gasteiger partial charge in [-0.2, -0.15) is 5.10 Å². The van der Waals surface area contributed by atoms with Crippen molar-refractivity contribution >= 4 is 5.91 Å². The highest BCUT2D eigenvalue weighted by molar-refractivity contribution is 5.82. The van der Waals surface area contributed by atoms with Crippen molar-refractivity contribution in [3.05, 3.63) is 42.5 Å². The first-order valence-electron chi connectivity index (χ1n) is 7.98. The van der Waals surface area contributed by atoms with Gasteiger partial charge < -0.3 is 5.32 Å². The van der Waals surface area contributed by atoms with Crippen LogP contribution in [0.5, 0.6) is 0 Å². The zero-order chi connectivity index (χ0) is 15.6. The van der Waals surface area contributed by atoms with Gasteiger partial charge in [0, 0.05) is 39.3 Å². The highest BCUT2D eigenvalue weighted by Gasteiger charge is 2.34. The number of piperazine rings is 2. The predicted octanol–water partition coefficient (Wildman–Crippen LogP) is -0.117. The van der Waals surface area contributed by atoms with E-state index in [0.29, 0.717) is 0 Å². The molecule has 120 valence electrons. The van der Waals surface area contributed by atoms with Gasteiger partial charge in [-0.05, 0) is 17.7 Å². The molecule has 3 heterocycles. The minimum atomic E-state index is 0.00641. The number of hydrogen-bond donors (Lipinski definition) is 1. The van der Waals surface area contributed by atoms with Crippen molar-refractivity contribution in [2.24, 2.45) is 0 Å². The molecule has 0 saturated carbocycles. The molecule has 2 fully saturated rings. The van der Waals surface area contributed by atoms with Crippen molar-refractivity contribution in [2.45, 2.75) is 12.6 Å². The molecule has 0 radical (unpaired) electrons. The van der Waals surface area contributed by atoms with E-state index >= 15 is 0 Å². The molecule has 1 atom stereocenters. The summed E-state index contributed by atoms with van der Waals surface area (Å²) in [4.78, 5) is 20.6. The quantitative estimate of drug-likeness (QED) is 0.856. The fourth-order valence-corrected chi connectivity index (χ4v) is 3.33. The monoisotopic (exact) mass is 312 g/mol. The number of benzene rings is 1. The number of fused-ring (bicyclic) bond motifs is 1. The number of rotatable bonds is 3. The van der Waals surface area contributed by atoms with Crippen molar-refractivity contribution in [1.29, 1.82) is 0 Å². The second kappa shape index (κ2) is 6.10. The van der Waals surface area contributed by atoms with Crippen molar-refractivity contribution in [1.82, 2.24) is 29.9 Å². The molecule has 1 aromatic carbocycles. The van der Waals surface area contributed by atoms with Gasteiger partial charge in [-0.15, -0.1) is 0 Å². The molecule has 0 aliphatic carbocycles. The molecule has 1 N–H and O–H groups in total. The second-order valence-corrected chi connectivity index (χ2v) is 6.08. The topological polar surface area (TPSA) is 66.3 Å². The molecule has 1 aromatic heterocycles. The van der Waals surface area contributed by atoms with Crippen LogP contribution in [0.4, 0.5) is 0 Å². The van der Waals surface area contributed by atoms with Gasteiger partial charge in [0.2, 0.25) is 5.91 Å². The molecule has 7 heteroatoms. The van der Waals surface area contributed by atoms with Crippen LogP contribution in [0.2, 0.25) is 0 Å². The molecule has 0 bridgehead atoms. The summed E-state index contributed by atoms with van der Waals surface area (Å²) < 4.78 is 1.74. The number of carbonyl (C=O) groups excluding carboxylic acids is 1. The van der Waals surface area contributed by atoms with Crippen LogP contribution in [0.15, 0.2) is 36.9 Å². The van der Waals surface area contributed by atoms with E-state index in [1.165, 1.54) is 11.9 Å². The van der Waals surface area contributed by atoms with Gasteiger partial charge in [0.05, 0.1) is 5.69 Å². The van der Waals surface area contributed by atoms with E-state index in [1.54, 1.807) is 11.0 Å². The molecule has 2 aromatic rings. The lowest BCUT2D eigenvalue weighted by atomic mass is 10.1. The molecule has 7 nitrogen and oxygen atoms in total. The lowest BCUT2D eigenvalue weighted by molar-refractivity contribution is -0.131. The SMILES string of the molecule is O=C1NCCN2CCN(Cc3ccc(-n4cncn4)cc3)CC12. The molecule has 2 aliphatic rings. The summed E-state index contributed by atoms with van der Waals surface area (Å²) >= 11 is 0. The Morgan fingerprint density at radius 1 is 1.17 bits per heavy atom. The smallest absolute Gasteiger partial charge is 0.238 e. The van der Waals surface area contributed by atoms with Gasteiger partial charge in [-0.25, -0.2) is 9.67 Å². The van der Waals surface area contributed by atoms with Crippen LogP contribution < -0.4 is 5.32 Å². The van der Waals surface area contributed by atoms with E-state index in [0.717, 1.165) is 45.0 Å². The van der Waals surface area contributed by atoms with Crippen molar-refractivity contribution in [2.75, 3.05) is 32.7 Å². The summed E-state index contributed by atoms with van der Waals surface area (Å²) in [5, 5.41) is 7.10. The Morgan fingerprint density at radius 2 is 2.04 bits per heavy atom. The number of nitrogens with one attached hydrogen (secondary N) is 1. The van der Waals surface area contributed by atoms with Gasteiger partial charge in [0.1, 0.15) is 18.7 Å². The fraction of sp³-hybridized carbons (Fsp3) is 0.438. The van der Waals surface area contributed by atoms with Crippen LogP contribution in [-0.4, -0.2) is 69.2 Å². The highest BCUT2D eigenvalue weighted by atomic mass is 16.2. The molecule has 4 rings (SSSR count). The fourth-order valence-electron chi connectivity index (χ4n) is 3.33. The number of amides is 1. The number of aromatic nitrogens is 3. The number of nitrogens with zero attached hydrogens (tertiary/aromatic N) is 5. The maximum Gasteiger partial charge on any atom is 0.238 e. The Morgan fingerprint density at radius 3 is 2.83 bits per heavy atom. The zero-order valence-corrected chi connectivity index (χ0v) is 12.9. The highest BCUT2D eigenvalue weighted by Crippen LogP contribution is 2.16. The molecule has 0 spiro atoms. The van der Waals surface area contributed by atoms with E-state index in [-0.39, 0.29) is 11.9 Å². The van der Waals surface area contributed by atoms with Crippen LogP contribution in [-0.2, 0) is 11.3 Å². The summed E-state index contributed by atoms with van der Waals surface area (Å²) in [5.41, 5.74) is 2.25. The summed E-state index contributed by atoms with van der Waals surface area (Å²) in [6.07, 6.45) is 3.22. The minimum Gasteiger partial charge on any atom is -0.353 e. The lowest BCUT2D eigenvalue weighted by Gasteiger charge is -2.43. The third-order valence-electron chi connectivity index (χ3n) is 4.60. The lowest BCUT2D eigenvalue weighted by Crippen LogP contribution is -2.63. The Hall–Kier alpha value is -2.25. The molecular weight excluding hydrogens is 292 g/mol. The van der Waals surface area contributed by atoms with E-state index in [4.69, 9.17) is 0 Å². The van der Waals surface area contributed by atoms with Gasteiger partial charge in [0.25, 0.3) is 0 Å². The molecular formula is C16H20N6O. The van der Waals surface area contributed by atoms with Gasteiger partial charge in [0.15, 0.2) is 0 Å². The number of carbonyl (C=O) groups is 1. The zero-order valence-electron chi connectivity index (χ0n) is 12.9. The standard InChI is InChI=1S/C16H20N6O/c23-16-15-10-20(7-8-21(15)6-5-18-16)9-13-1-3-14(4-2-13)22-12-17-11-19-22/h1-4,11-12,15H,5-10H2,(H,18,23). The van der Waals surface area contributed by atoms with Crippen LogP contribution in [0.25, 0.3) is 5.69 Å². The Bertz CT molecular complexity index is 668. The molecule has 2 aliphatic heterocycles. The second-order valence-electron chi connectivity index (χ2n) is 6.08. The first-order valence-corrected chi connectivity index (χ1v) is 7.98. The third kappa shape index (κ3) is 2.97. The minimum absolute atomic E-state index is 0.00641. The Labute approximate surface area is 134 Å². The molecule has 2 saturated heterocycles. The van der Waals surface area contributed by atoms with Gasteiger partial charge >= 0.3 is 0 Å². The van der Waals surface area contributed by atoms with Gasteiger partial charge in [-0.1, -0.05) is 12.1 Å². The molecule has 1 amide bonds. The normalized spacial score (nSPS) is 22.6.